The zero-order chi connectivity index (χ0) is 15.0. The average Bonchev–Trinajstić information content (AvgIpc) is 2.43. The Morgan fingerprint density at radius 1 is 1.20 bits per heavy atom. The molecular weight excluding hydrogens is 252 g/mol. The van der Waals surface area contributed by atoms with Crippen LogP contribution >= 0.6 is 0 Å². The molecule has 0 aromatic carbocycles. The van der Waals surface area contributed by atoms with E-state index in [1.807, 2.05) is 13.8 Å². The summed E-state index contributed by atoms with van der Waals surface area (Å²) >= 11 is 0. The van der Waals surface area contributed by atoms with Gasteiger partial charge in [-0.3, -0.25) is 0 Å². The van der Waals surface area contributed by atoms with Crippen molar-refractivity contribution in [3.8, 4) is 5.75 Å². The van der Waals surface area contributed by atoms with Gasteiger partial charge in [-0.2, -0.15) is 0 Å². The number of aromatic nitrogens is 2. The van der Waals surface area contributed by atoms with Crippen LogP contribution in [0, 0.1) is 0 Å². The minimum atomic E-state index is -0.111. The number of aliphatic hydroxyl groups is 1. The standard InChI is InChI=1S/C16H28N2O2/c1-5-6-7-8-9-13(4)20-15-10-17-16(12(2)3)18-14(15)11-19/h10,12-13,19H,5-9,11H2,1-4H3. The van der Waals surface area contributed by atoms with E-state index in [2.05, 4.69) is 23.8 Å². The van der Waals surface area contributed by atoms with Crippen molar-refractivity contribution < 1.29 is 9.84 Å². The minimum Gasteiger partial charge on any atom is -0.487 e. The Balaban J connectivity index is 2.58. The van der Waals surface area contributed by atoms with Crippen LogP contribution in [-0.2, 0) is 6.61 Å². The zero-order valence-electron chi connectivity index (χ0n) is 13.2. The molecule has 1 unspecified atom stereocenters. The molecule has 20 heavy (non-hydrogen) atoms. The van der Waals surface area contributed by atoms with Crippen LogP contribution in [0.25, 0.3) is 0 Å². The molecule has 0 amide bonds. The minimum absolute atomic E-state index is 0.111. The molecule has 0 spiro atoms. The Kier molecular flexibility index (Phi) is 7.52. The Morgan fingerprint density at radius 3 is 2.55 bits per heavy atom. The van der Waals surface area contributed by atoms with E-state index in [9.17, 15) is 5.11 Å². The van der Waals surface area contributed by atoms with Gasteiger partial charge in [0.05, 0.1) is 18.9 Å². The van der Waals surface area contributed by atoms with Crippen molar-refractivity contribution in [3.05, 3.63) is 17.7 Å². The molecule has 1 N–H and O–H groups in total. The lowest BCUT2D eigenvalue weighted by Crippen LogP contribution is -2.14. The molecule has 0 saturated carbocycles. The first-order chi connectivity index (χ1) is 9.58. The number of rotatable bonds is 9. The second-order valence-corrected chi connectivity index (χ2v) is 5.63. The molecule has 0 aliphatic heterocycles. The lowest BCUT2D eigenvalue weighted by molar-refractivity contribution is 0.193. The molecule has 0 aliphatic rings. The summed E-state index contributed by atoms with van der Waals surface area (Å²) in [6, 6.07) is 0. The summed E-state index contributed by atoms with van der Waals surface area (Å²) in [4.78, 5) is 8.67. The van der Waals surface area contributed by atoms with Crippen LogP contribution < -0.4 is 4.74 Å². The van der Waals surface area contributed by atoms with Crippen LogP contribution in [0.3, 0.4) is 0 Å². The van der Waals surface area contributed by atoms with Gasteiger partial charge >= 0.3 is 0 Å². The van der Waals surface area contributed by atoms with Crippen molar-refractivity contribution >= 4 is 0 Å². The normalized spacial score (nSPS) is 12.7. The first-order valence-corrected chi connectivity index (χ1v) is 7.71. The van der Waals surface area contributed by atoms with E-state index < -0.39 is 0 Å². The van der Waals surface area contributed by atoms with E-state index >= 15 is 0 Å². The van der Waals surface area contributed by atoms with Crippen LogP contribution in [0.5, 0.6) is 5.75 Å². The van der Waals surface area contributed by atoms with Gasteiger partial charge in [-0.25, -0.2) is 9.97 Å². The Labute approximate surface area is 122 Å². The smallest absolute Gasteiger partial charge is 0.161 e. The van der Waals surface area contributed by atoms with Crippen LogP contribution in [-0.4, -0.2) is 21.2 Å². The molecule has 1 aromatic rings. The predicted molar refractivity (Wildman–Crippen MR) is 80.9 cm³/mol. The topological polar surface area (TPSA) is 55.2 Å². The fourth-order valence-electron chi connectivity index (χ4n) is 2.05. The molecule has 0 bridgehead atoms. The SMILES string of the molecule is CCCCCCC(C)Oc1cnc(C(C)C)nc1CO. The van der Waals surface area contributed by atoms with E-state index in [0.29, 0.717) is 11.4 Å². The number of hydrogen-bond acceptors (Lipinski definition) is 4. The summed E-state index contributed by atoms with van der Waals surface area (Å²) in [6.07, 6.45) is 7.79. The molecule has 1 rings (SSSR count). The second kappa shape index (κ2) is 8.90. The molecule has 114 valence electrons. The highest BCUT2D eigenvalue weighted by Crippen LogP contribution is 2.21. The fraction of sp³-hybridized carbons (Fsp3) is 0.750. The van der Waals surface area contributed by atoms with Gasteiger partial charge in [0.2, 0.25) is 0 Å². The number of nitrogens with zero attached hydrogens (tertiary/aromatic N) is 2. The number of hydrogen-bond donors (Lipinski definition) is 1. The fourth-order valence-corrected chi connectivity index (χ4v) is 2.05. The Morgan fingerprint density at radius 2 is 1.95 bits per heavy atom. The maximum atomic E-state index is 9.41. The van der Waals surface area contributed by atoms with Gasteiger partial charge in [0.25, 0.3) is 0 Å². The first kappa shape index (κ1) is 16.9. The van der Waals surface area contributed by atoms with Crippen molar-refractivity contribution in [2.24, 2.45) is 0 Å². The number of aliphatic hydroxyl groups excluding tert-OH is 1. The largest absolute Gasteiger partial charge is 0.487 e. The van der Waals surface area contributed by atoms with E-state index in [1.165, 1.54) is 25.7 Å². The Hall–Kier alpha value is -1.16. The zero-order valence-corrected chi connectivity index (χ0v) is 13.2. The summed E-state index contributed by atoms with van der Waals surface area (Å²) < 4.78 is 5.87. The highest BCUT2D eigenvalue weighted by Gasteiger charge is 2.12. The number of ether oxygens (including phenoxy) is 1. The summed E-state index contributed by atoms with van der Waals surface area (Å²) in [5, 5.41) is 9.41. The van der Waals surface area contributed by atoms with Crippen LogP contribution in [0.15, 0.2) is 6.20 Å². The Bertz CT molecular complexity index is 394. The van der Waals surface area contributed by atoms with Gasteiger partial charge in [0, 0.05) is 5.92 Å². The van der Waals surface area contributed by atoms with Crippen molar-refractivity contribution in [1.82, 2.24) is 9.97 Å². The van der Waals surface area contributed by atoms with Crippen molar-refractivity contribution in [1.29, 1.82) is 0 Å². The highest BCUT2D eigenvalue weighted by atomic mass is 16.5. The third-order valence-electron chi connectivity index (χ3n) is 3.31. The molecule has 0 fully saturated rings. The van der Waals surface area contributed by atoms with Crippen LogP contribution in [0.2, 0.25) is 0 Å². The van der Waals surface area contributed by atoms with Gasteiger partial charge in [-0.1, -0.05) is 40.0 Å². The third-order valence-corrected chi connectivity index (χ3v) is 3.31. The molecule has 4 nitrogen and oxygen atoms in total. The third kappa shape index (κ3) is 5.45. The van der Waals surface area contributed by atoms with E-state index in [4.69, 9.17) is 4.74 Å². The first-order valence-electron chi connectivity index (χ1n) is 7.71. The summed E-state index contributed by atoms with van der Waals surface area (Å²) in [5.74, 6) is 1.61. The van der Waals surface area contributed by atoms with Gasteiger partial charge in [-0.05, 0) is 19.8 Å². The number of unbranched alkanes of at least 4 members (excludes halogenated alkanes) is 3. The average molecular weight is 280 g/mol. The van der Waals surface area contributed by atoms with E-state index in [-0.39, 0.29) is 18.6 Å². The maximum absolute atomic E-state index is 9.41. The molecule has 0 saturated heterocycles. The molecule has 1 heterocycles. The van der Waals surface area contributed by atoms with Gasteiger partial charge in [0.15, 0.2) is 5.75 Å². The summed E-state index contributed by atoms with van der Waals surface area (Å²) in [7, 11) is 0. The molecule has 1 aromatic heterocycles. The predicted octanol–water partition coefficient (Wildman–Crippen LogP) is 3.83. The molecule has 0 aliphatic carbocycles. The van der Waals surface area contributed by atoms with Gasteiger partial charge < -0.3 is 9.84 Å². The summed E-state index contributed by atoms with van der Waals surface area (Å²) in [5.41, 5.74) is 0.587. The maximum Gasteiger partial charge on any atom is 0.161 e. The quantitative estimate of drug-likeness (QED) is 0.698. The summed E-state index contributed by atoms with van der Waals surface area (Å²) in [6.45, 7) is 8.23. The van der Waals surface area contributed by atoms with Crippen molar-refractivity contribution in [2.45, 2.75) is 78.4 Å². The highest BCUT2D eigenvalue weighted by molar-refractivity contribution is 5.25. The van der Waals surface area contributed by atoms with Gasteiger partial charge in [-0.15, -0.1) is 0 Å². The monoisotopic (exact) mass is 280 g/mol. The molecule has 1 atom stereocenters. The van der Waals surface area contributed by atoms with E-state index in [0.717, 1.165) is 12.2 Å². The molecular formula is C16H28N2O2. The lowest BCUT2D eigenvalue weighted by Gasteiger charge is -2.17. The molecule has 4 heteroatoms. The van der Waals surface area contributed by atoms with E-state index in [1.54, 1.807) is 6.20 Å². The molecule has 0 radical (unpaired) electrons. The van der Waals surface area contributed by atoms with Gasteiger partial charge in [0.1, 0.15) is 11.5 Å². The van der Waals surface area contributed by atoms with Crippen molar-refractivity contribution in [3.63, 3.8) is 0 Å². The second-order valence-electron chi connectivity index (χ2n) is 5.63. The van der Waals surface area contributed by atoms with Crippen LogP contribution in [0.1, 0.15) is 77.2 Å². The van der Waals surface area contributed by atoms with Crippen molar-refractivity contribution in [2.75, 3.05) is 0 Å². The van der Waals surface area contributed by atoms with Crippen LogP contribution in [0.4, 0.5) is 0 Å². The lowest BCUT2D eigenvalue weighted by atomic mass is 10.1.